The van der Waals surface area contributed by atoms with Crippen molar-refractivity contribution in [1.29, 1.82) is 0 Å². The summed E-state index contributed by atoms with van der Waals surface area (Å²) in [6.07, 6.45) is 3.94. The van der Waals surface area contributed by atoms with Crippen LogP contribution in [0.25, 0.3) is 11.3 Å². The molecule has 4 rings (SSSR count). The van der Waals surface area contributed by atoms with Crippen LogP contribution in [0.4, 0.5) is 0 Å². The van der Waals surface area contributed by atoms with Crippen molar-refractivity contribution in [3.8, 4) is 11.3 Å². The van der Waals surface area contributed by atoms with Crippen LogP contribution in [-0.4, -0.2) is 14.7 Å². The molecule has 0 saturated carbocycles. The van der Waals surface area contributed by atoms with E-state index < -0.39 is 6.10 Å². The lowest BCUT2D eigenvalue weighted by Crippen LogP contribution is -2.10. The lowest BCUT2D eigenvalue weighted by Gasteiger charge is -2.19. The number of aliphatic hydroxyl groups is 1. The molecular formula is C18H16N2O. The van der Waals surface area contributed by atoms with E-state index in [4.69, 9.17) is 0 Å². The van der Waals surface area contributed by atoms with Crippen molar-refractivity contribution in [1.82, 2.24) is 9.55 Å². The van der Waals surface area contributed by atoms with Crippen LogP contribution in [-0.2, 0) is 0 Å². The maximum Gasteiger partial charge on any atom is 0.0956 e. The van der Waals surface area contributed by atoms with Gasteiger partial charge in [-0.2, -0.15) is 0 Å². The second kappa shape index (κ2) is 4.86. The van der Waals surface area contributed by atoms with Gasteiger partial charge in [0.05, 0.1) is 30.4 Å². The van der Waals surface area contributed by atoms with Crippen LogP contribution in [0.1, 0.15) is 29.7 Å². The quantitative estimate of drug-likeness (QED) is 0.794. The summed E-state index contributed by atoms with van der Waals surface area (Å²) in [5, 5.41) is 10.5. The summed E-state index contributed by atoms with van der Waals surface area (Å²) in [7, 11) is 0. The zero-order valence-corrected chi connectivity index (χ0v) is 11.6. The third-order valence-corrected chi connectivity index (χ3v) is 4.23. The highest BCUT2D eigenvalue weighted by atomic mass is 16.3. The van der Waals surface area contributed by atoms with E-state index in [9.17, 15) is 5.11 Å². The normalized spacial score (nSPS) is 17.3. The minimum atomic E-state index is -0.474. The Hall–Kier alpha value is -2.39. The van der Waals surface area contributed by atoms with Crippen molar-refractivity contribution in [3.05, 3.63) is 78.2 Å². The van der Waals surface area contributed by atoms with E-state index in [0.29, 0.717) is 6.42 Å². The van der Waals surface area contributed by atoms with Gasteiger partial charge in [0.25, 0.3) is 0 Å². The highest BCUT2D eigenvalue weighted by Gasteiger charge is 2.29. The number of hydrogen-bond donors (Lipinski definition) is 1. The number of fused-ring (bicyclic) bond motifs is 3. The van der Waals surface area contributed by atoms with Gasteiger partial charge >= 0.3 is 0 Å². The minimum absolute atomic E-state index is 0.147. The first-order chi connectivity index (χ1) is 10.3. The molecule has 0 amide bonds. The summed E-state index contributed by atoms with van der Waals surface area (Å²) in [5.74, 6) is 0. The zero-order valence-electron chi connectivity index (χ0n) is 11.6. The van der Waals surface area contributed by atoms with Gasteiger partial charge in [-0.1, -0.05) is 54.6 Å². The molecule has 3 heteroatoms. The molecule has 1 aliphatic heterocycles. The van der Waals surface area contributed by atoms with E-state index in [-0.39, 0.29) is 6.04 Å². The van der Waals surface area contributed by atoms with E-state index in [0.717, 1.165) is 11.3 Å². The second-order valence-electron chi connectivity index (χ2n) is 5.45. The standard InChI is InChI=1S/C18H16N2O/c21-18(13-6-2-1-3-7-13)10-16-14-8-4-5-9-15(14)17-11-19-12-20(16)17/h1-9,11-12,16,18,21H,10H2. The smallest absolute Gasteiger partial charge is 0.0956 e. The van der Waals surface area contributed by atoms with Gasteiger partial charge in [-0.25, -0.2) is 4.98 Å². The Labute approximate surface area is 123 Å². The lowest BCUT2D eigenvalue weighted by molar-refractivity contribution is 0.154. The summed E-state index contributed by atoms with van der Waals surface area (Å²) in [5.41, 5.74) is 4.59. The fourth-order valence-electron chi connectivity index (χ4n) is 3.20. The molecule has 1 aliphatic rings. The number of aliphatic hydroxyl groups excluding tert-OH is 1. The maximum atomic E-state index is 10.5. The molecule has 1 aromatic heterocycles. The predicted molar refractivity (Wildman–Crippen MR) is 81.8 cm³/mol. The molecule has 0 saturated heterocycles. The number of imidazole rings is 1. The Kier molecular flexibility index (Phi) is 2.86. The van der Waals surface area contributed by atoms with E-state index in [1.165, 1.54) is 11.1 Å². The molecule has 0 fully saturated rings. The van der Waals surface area contributed by atoms with Gasteiger partial charge < -0.3 is 9.67 Å². The predicted octanol–water partition coefficient (Wildman–Crippen LogP) is 3.58. The van der Waals surface area contributed by atoms with Crippen LogP contribution in [0.3, 0.4) is 0 Å². The van der Waals surface area contributed by atoms with Crippen molar-refractivity contribution in [3.63, 3.8) is 0 Å². The van der Waals surface area contributed by atoms with Gasteiger partial charge in [0.2, 0.25) is 0 Å². The average Bonchev–Trinajstić information content (AvgIpc) is 3.11. The molecule has 2 heterocycles. The SMILES string of the molecule is OC(CC1c2ccccc2-c2cncn21)c1ccccc1. The maximum absolute atomic E-state index is 10.5. The Morgan fingerprint density at radius 3 is 2.67 bits per heavy atom. The molecule has 0 bridgehead atoms. The number of aromatic nitrogens is 2. The molecular weight excluding hydrogens is 260 g/mol. The number of hydrogen-bond acceptors (Lipinski definition) is 2. The molecule has 0 aliphatic carbocycles. The Morgan fingerprint density at radius 2 is 1.81 bits per heavy atom. The van der Waals surface area contributed by atoms with Crippen molar-refractivity contribution < 1.29 is 5.11 Å². The average molecular weight is 276 g/mol. The molecule has 104 valence electrons. The van der Waals surface area contributed by atoms with Gasteiger partial charge in [0.1, 0.15) is 0 Å². The first-order valence-electron chi connectivity index (χ1n) is 7.19. The molecule has 0 spiro atoms. The highest BCUT2D eigenvalue weighted by molar-refractivity contribution is 5.68. The molecule has 0 radical (unpaired) electrons. The van der Waals surface area contributed by atoms with Crippen molar-refractivity contribution >= 4 is 0 Å². The first-order valence-corrected chi connectivity index (χ1v) is 7.19. The molecule has 2 aromatic carbocycles. The van der Waals surface area contributed by atoms with Crippen LogP contribution in [0, 0.1) is 0 Å². The monoisotopic (exact) mass is 276 g/mol. The fraction of sp³-hybridized carbons (Fsp3) is 0.167. The molecule has 3 aromatic rings. The molecule has 2 atom stereocenters. The summed E-state index contributed by atoms with van der Waals surface area (Å²) in [6.45, 7) is 0. The van der Waals surface area contributed by atoms with Gasteiger partial charge in [-0.15, -0.1) is 0 Å². The Balaban J connectivity index is 1.70. The van der Waals surface area contributed by atoms with E-state index in [1.807, 2.05) is 48.9 Å². The van der Waals surface area contributed by atoms with Crippen LogP contribution >= 0.6 is 0 Å². The van der Waals surface area contributed by atoms with Crippen LogP contribution in [0.2, 0.25) is 0 Å². The third-order valence-electron chi connectivity index (χ3n) is 4.23. The third kappa shape index (κ3) is 1.98. The lowest BCUT2D eigenvalue weighted by atomic mass is 9.96. The number of rotatable bonds is 3. The van der Waals surface area contributed by atoms with E-state index in [1.54, 1.807) is 0 Å². The molecule has 1 N–H and O–H groups in total. The number of nitrogens with zero attached hydrogens (tertiary/aromatic N) is 2. The summed E-state index contributed by atoms with van der Waals surface area (Å²) < 4.78 is 2.16. The summed E-state index contributed by atoms with van der Waals surface area (Å²) >= 11 is 0. The number of benzene rings is 2. The Bertz CT molecular complexity index is 764. The molecule has 21 heavy (non-hydrogen) atoms. The van der Waals surface area contributed by atoms with Gasteiger partial charge in [0.15, 0.2) is 0 Å². The second-order valence-corrected chi connectivity index (χ2v) is 5.45. The van der Waals surface area contributed by atoms with Crippen LogP contribution in [0.5, 0.6) is 0 Å². The fourth-order valence-corrected chi connectivity index (χ4v) is 3.20. The Morgan fingerprint density at radius 1 is 1.05 bits per heavy atom. The van der Waals surface area contributed by atoms with Crippen molar-refractivity contribution in [2.45, 2.75) is 18.6 Å². The highest BCUT2D eigenvalue weighted by Crippen LogP contribution is 2.42. The van der Waals surface area contributed by atoms with Gasteiger partial charge in [0, 0.05) is 12.0 Å². The molecule has 3 nitrogen and oxygen atoms in total. The first kappa shape index (κ1) is 12.4. The topological polar surface area (TPSA) is 38.1 Å². The summed E-state index contributed by atoms with van der Waals surface area (Å²) in [6, 6.07) is 18.4. The minimum Gasteiger partial charge on any atom is -0.388 e. The largest absolute Gasteiger partial charge is 0.388 e. The van der Waals surface area contributed by atoms with Crippen LogP contribution in [0.15, 0.2) is 67.1 Å². The zero-order chi connectivity index (χ0) is 14.2. The molecule has 2 unspecified atom stereocenters. The van der Waals surface area contributed by atoms with E-state index in [2.05, 4.69) is 27.8 Å². The van der Waals surface area contributed by atoms with Crippen molar-refractivity contribution in [2.75, 3.05) is 0 Å². The van der Waals surface area contributed by atoms with E-state index >= 15 is 0 Å². The van der Waals surface area contributed by atoms with Crippen LogP contribution < -0.4 is 0 Å². The van der Waals surface area contributed by atoms with Crippen molar-refractivity contribution in [2.24, 2.45) is 0 Å². The summed E-state index contributed by atoms with van der Waals surface area (Å²) in [4.78, 5) is 4.25. The van der Waals surface area contributed by atoms with Gasteiger partial charge in [-0.05, 0) is 11.1 Å². The van der Waals surface area contributed by atoms with Gasteiger partial charge in [-0.3, -0.25) is 0 Å².